The van der Waals surface area contributed by atoms with Crippen LogP contribution in [-0.2, 0) is 16.4 Å². The van der Waals surface area contributed by atoms with E-state index in [1.54, 1.807) is 12.1 Å². The van der Waals surface area contributed by atoms with Gasteiger partial charge in [-0.15, -0.1) is 0 Å². The molecule has 2 N–H and O–H groups in total. The summed E-state index contributed by atoms with van der Waals surface area (Å²) in [6.45, 7) is 1.18. The number of nitrogens with one attached hydrogen (secondary N) is 2. The Labute approximate surface area is 123 Å². The Bertz CT molecular complexity index is 580. The van der Waals surface area contributed by atoms with E-state index in [4.69, 9.17) is 0 Å². The molecule has 0 amide bonds. The summed E-state index contributed by atoms with van der Waals surface area (Å²) in [5.41, 5.74) is 0.897. The first-order valence-electron chi connectivity index (χ1n) is 6.90. The summed E-state index contributed by atoms with van der Waals surface area (Å²) < 4.78 is 26.3. The molecule has 1 aromatic carbocycles. The Kier molecular flexibility index (Phi) is 5.27. The van der Waals surface area contributed by atoms with Gasteiger partial charge in [0, 0.05) is 24.7 Å². The molecule has 1 saturated heterocycles. The van der Waals surface area contributed by atoms with E-state index in [9.17, 15) is 18.5 Å². The Morgan fingerprint density at radius 3 is 2.62 bits per heavy atom. The van der Waals surface area contributed by atoms with Crippen molar-refractivity contribution in [3.05, 3.63) is 39.9 Å². The average molecular weight is 313 g/mol. The van der Waals surface area contributed by atoms with Crippen molar-refractivity contribution in [3.8, 4) is 0 Å². The fourth-order valence-electron chi connectivity index (χ4n) is 2.36. The molecule has 21 heavy (non-hydrogen) atoms. The molecular weight excluding hydrogens is 294 g/mol. The topological polar surface area (TPSA) is 101 Å². The fraction of sp³-hybridized carbons (Fsp3) is 0.538. The summed E-state index contributed by atoms with van der Waals surface area (Å²) in [6.07, 6.45) is 2.42. The van der Waals surface area contributed by atoms with Crippen LogP contribution in [0.4, 0.5) is 5.69 Å². The molecule has 1 aromatic rings. The normalized spacial score (nSPS) is 18.8. The molecule has 0 saturated carbocycles. The van der Waals surface area contributed by atoms with Gasteiger partial charge in [-0.1, -0.05) is 12.1 Å². The third-order valence-corrected chi connectivity index (χ3v) is 4.95. The van der Waals surface area contributed by atoms with Gasteiger partial charge in [0.2, 0.25) is 10.0 Å². The molecule has 1 aliphatic rings. The molecule has 0 spiro atoms. The Morgan fingerprint density at radius 1 is 1.33 bits per heavy atom. The summed E-state index contributed by atoms with van der Waals surface area (Å²) in [5.74, 6) is 0.104. The maximum absolute atomic E-state index is 11.9. The maximum atomic E-state index is 11.9. The van der Waals surface area contributed by atoms with E-state index < -0.39 is 14.9 Å². The third-order valence-electron chi connectivity index (χ3n) is 3.47. The first-order chi connectivity index (χ1) is 9.96. The van der Waals surface area contributed by atoms with Crippen molar-refractivity contribution in [3.63, 3.8) is 0 Å². The SMILES string of the molecule is O=[N+]([O-])c1ccc(CCNS(=O)(=O)CC2CCCN2)cc1. The minimum Gasteiger partial charge on any atom is -0.313 e. The van der Waals surface area contributed by atoms with Crippen molar-refractivity contribution >= 4 is 15.7 Å². The van der Waals surface area contributed by atoms with Crippen LogP contribution in [0.15, 0.2) is 24.3 Å². The van der Waals surface area contributed by atoms with Gasteiger partial charge in [-0.2, -0.15) is 0 Å². The van der Waals surface area contributed by atoms with Crippen LogP contribution in [0.2, 0.25) is 0 Å². The average Bonchev–Trinajstić information content (AvgIpc) is 2.91. The number of non-ortho nitro benzene ring substituents is 1. The van der Waals surface area contributed by atoms with Crippen LogP contribution in [-0.4, -0.2) is 38.2 Å². The zero-order valence-electron chi connectivity index (χ0n) is 11.6. The molecule has 1 unspecified atom stereocenters. The molecule has 7 nitrogen and oxygen atoms in total. The minimum atomic E-state index is -3.28. The largest absolute Gasteiger partial charge is 0.313 e. The number of nitro benzene ring substituents is 1. The second-order valence-electron chi connectivity index (χ2n) is 5.14. The molecule has 0 radical (unpaired) electrons. The molecule has 0 aliphatic carbocycles. The Balaban J connectivity index is 1.78. The van der Waals surface area contributed by atoms with Crippen molar-refractivity contribution in [2.45, 2.75) is 25.3 Å². The second-order valence-corrected chi connectivity index (χ2v) is 6.99. The van der Waals surface area contributed by atoms with E-state index in [1.807, 2.05) is 0 Å². The highest BCUT2D eigenvalue weighted by molar-refractivity contribution is 7.89. The highest BCUT2D eigenvalue weighted by Gasteiger charge is 2.21. The molecule has 116 valence electrons. The predicted octanol–water partition coefficient (Wildman–Crippen LogP) is 0.809. The fourth-order valence-corrected chi connectivity index (χ4v) is 3.70. The number of benzene rings is 1. The molecular formula is C13H19N3O4S. The number of hydrogen-bond donors (Lipinski definition) is 2. The zero-order chi connectivity index (χ0) is 15.3. The summed E-state index contributed by atoms with van der Waals surface area (Å²) in [7, 11) is -3.28. The summed E-state index contributed by atoms with van der Waals surface area (Å²) in [6, 6.07) is 6.18. The monoisotopic (exact) mass is 313 g/mol. The van der Waals surface area contributed by atoms with Gasteiger partial charge in [0.15, 0.2) is 0 Å². The van der Waals surface area contributed by atoms with E-state index in [1.165, 1.54) is 12.1 Å². The van der Waals surface area contributed by atoms with Gasteiger partial charge >= 0.3 is 0 Å². The van der Waals surface area contributed by atoms with E-state index in [0.29, 0.717) is 13.0 Å². The first kappa shape index (κ1) is 15.9. The van der Waals surface area contributed by atoms with Gasteiger partial charge in [0.1, 0.15) is 0 Å². The molecule has 8 heteroatoms. The highest BCUT2D eigenvalue weighted by atomic mass is 32.2. The second kappa shape index (κ2) is 6.97. The van der Waals surface area contributed by atoms with Gasteiger partial charge in [0.25, 0.3) is 5.69 Å². The lowest BCUT2D eigenvalue weighted by molar-refractivity contribution is -0.384. The number of nitrogens with zero attached hydrogens (tertiary/aromatic N) is 1. The lowest BCUT2D eigenvalue weighted by atomic mass is 10.1. The minimum absolute atomic E-state index is 0.0339. The van der Waals surface area contributed by atoms with Crippen molar-refractivity contribution in [2.75, 3.05) is 18.8 Å². The van der Waals surface area contributed by atoms with Crippen molar-refractivity contribution < 1.29 is 13.3 Å². The van der Waals surface area contributed by atoms with E-state index in [2.05, 4.69) is 10.0 Å². The number of hydrogen-bond acceptors (Lipinski definition) is 5. The summed E-state index contributed by atoms with van der Waals surface area (Å²) >= 11 is 0. The van der Waals surface area contributed by atoms with Gasteiger partial charge in [-0.3, -0.25) is 10.1 Å². The quantitative estimate of drug-likeness (QED) is 0.573. The number of sulfonamides is 1. The molecule has 1 atom stereocenters. The lowest BCUT2D eigenvalue weighted by Gasteiger charge is -2.11. The van der Waals surface area contributed by atoms with E-state index >= 15 is 0 Å². The molecule has 2 rings (SSSR count). The van der Waals surface area contributed by atoms with Gasteiger partial charge < -0.3 is 5.32 Å². The zero-order valence-corrected chi connectivity index (χ0v) is 12.4. The van der Waals surface area contributed by atoms with Gasteiger partial charge in [-0.05, 0) is 31.4 Å². The van der Waals surface area contributed by atoms with Gasteiger partial charge in [0.05, 0.1) is 10.7 Å². The Morgan fingerprint density at radius 2 is 2.05 bits per heavy atom. The summed E-state index contributed by atoms with van der Waals surface area (Å²) in [4.78, 5) is 10.1. The summed E-state index contributed by atoms with van der Waals surface area (Å²) in [5, 5.41) is 13.7. The first-order valence-corrected chi connectivity index (χ1v) is 8.55. The smallest absolute Gasteiger partial charge is 0.269 e. The van der Waals surface area contributed by atoms with Crippen LogP contribution in [0.3, 0.4) is 0 Å². The maximum Gasteiger partial charge on any atom is 0.269 e. The van der Waals surface area contributed by atoms with E-state index in [-0.39, 0.29) is 17.5 Å². The third kappa shape index (κ3) is 5.07. The van der Waals surface area contributed by atoms with Crippen molar-refractivity contribution in [1.29, 1.82) is 0 Å². The number of rotatable bonds is 7. The Hall–Kier alpha value is -1.51. The van der Waals surface area contributed by atoms with Crippen molar-refractivity contribution in [1.82, 2.24) is 10.0 Å². The van der Waals surface area contributed by atoms with E-state index in [0.717, 1.165) is 24.9 Å². The van der Waals surface area contributed by atoms with Crippen LogP contribution in [0.1, 0.15) is 18.4 Å². The van der Waals surface area contributed by atoms with Crippen LogP contribution < -0.4 is 10.0 Å². The lowest BCUT2D eigenvalue weighted by Crippen LogP contribution is -2.37. The standard InChI is InChI=1S/C13H19N3O4S/c17-16(18)13-5-3-11(4-6-13)7-9-15-21(19,20)10-12-2-1-8-14-12/h3-6,12,14-15H,1-2,7-10H2. The highest BCUT2D eigenvalue weighted by Crippen LogP contribution is 2.12. The predicted molar refractivity (Wildman–Crippen MR) is 79.6 cm³/mol. The molecule has 0 aromatic heterocycles. The van der Waals surface area contributed by atoms with Crippen molar-refractivity contribution in [2.24, 2.45) is 0 Å². The van der Waals surface area contributed by atoms with Crippen LogP contribution in [0.25, 0.3) is 0 Å². The molecule has 1 fully saturated rings. The number of nitro groups is 1. The molecule has 1 heterocycles. The molecule has 0 bridgehead atoms. The van der Waals surface area contributed by atoms with Crippen LogP contribution >= 0.6 is 0 Å². The molecule has 1 aliphatic heterocycles. The van der Waals surface area contributed by atoms with Crippen LogP contribution in [0, 0.1) is 10.1 Å². The van der Waals surface area contributed by atoms with Crippen LogP contribution in [0.5, 0.6) is 0 Å². The van der Waals surface area contributed by atoms with Gasteiger partial charge in [-0.25, -0.2) is 13.1 Å².